The van der Waals surface area contributed by atoms with Crippen LogP contribution in [0, 0.1) is 0 Å². The number of benzene rings is 1. The van der Waals surface area contributed by atoms with Crippen LogP contribution >= 0.6 is 23.4 Å². The molecule has 1 nitrogen and oxygen atoms in total. The molecule has 1 aromatic rings. The van der Waals surface area contributed by atoms with Gasteiger partial charge in [0.1, 0.15) is 0 Å². The lowest BCUT2D eigenvalue weighted by Gasteiger charge is -2.09. The van der Waals surface area contributed by atoms with E-state index < -0.39 is 0 Å². The minimum Gasteiger partial charge on any atom is -0.388 e. The third-order valence-electron chi connectivity index (χ3n) is 2.50. The molecule has 0 amide bonds. The second-order valence-electron chi connectivity index (χ2n) is 3.66. The van der Waals surface area contributed by atoms with Crippen LogP contribution in [-0.4, -0.2) is 12.8 Å². The maximum absolute atomic E-state index is 6.23. The number of halogens is 1. The topological polar surface area (TPSA) is 12.0 Å². The Bertz CT molecular complexity index is 438. The fraction of sp³-hybridized carbons (Fsp3) is 0.231. The number of anilines is 1. The highest BCUT2D eigenvalue weighted by Gasteiger charge is 2.04. The molecular weight excluding hydrogens is 238 g/mol. The van der Waals surface area contributed by atoms with E-state index in [1.807, 2.05) is 24.9 Å². The van der Waals surface area contributed by atoms with Crippen molar-refractivity contribution in [2.24, 2.45) is 0 Å². The van der Waals surface area contributed by atoms with E-state index in [4.69, 9.17) is 11.6 Å². The summed E-state index contributed by atoms with van der Waals surface area (Å²) in [6.07, 6.45) is 5.28. The number of rotatable bonds is 3. The number of nitrogens with one attached hydrogen (secondary N) is 1. The fourth-order valence-corrected chi connectivity index (χ4v) is 2.54. The molecule has 16 heavy (non-hydrogen) atoms. The smallest absolute Gasteiger partial charge is 0.0461 e. The zero-order chi connectivity index (χ0) is 11.4. The van der Waals surface area contributed by atoms with Crippen LogP contribution in [0.1, 0.15) is 5.56 Å². The van der Waals surface area contributed by atoms with Crippen LogP contribution in [0.15, 0.2) is 41.3 Å². The van der Waals surface area contributed by atoms with Crippen molar-refractivity contribution in [3.8, 4) is 0 Å². The molecule has 0 radical (unpaired) electrons. The molecule has 0 fully saturated rings. The molecule has 0 saturated heterocycles. The van der Waals surface area contributed by atoms with Crippen molar-refractivity contribution in [3.05, 3.63) is 51.9 Å². The van der Waals surface area contributed by atoms with E-state index in [-0.39, 0.29) is 0 Å². The number of allylic oxidation sites excluding steroid dienone is 2. The molecule has 1 aliphatic heterocycles. The van der Waals surface area contributed by atoms with E-state index in [9.17, 15) is 0 Å². The van der Waals surface area contributed by atoms with Crippen molar-refractivity contribution in [1.29, 1.82) is 0 Å². The minimum atomic E-state index is 0.830. The molecule has 3 heteroatoms. The van der Waals surface area contributed by atoms with Gasteiger partial charge in [-0.15, -0.1) is 11.8 Å². The van der Waals surface area contributed by atoms with Gasteiger partial charge in [0, 0.05) is 23.5 Å². The predicted molar refractivity (Wildman–Crippen MR) is 74.4 cm³/mol. The molecule has 2 rings (SSSR count). The quantitative estimate of drug-likeness (QED) is 0.868. The predicted octanol–water partition coefficient (Wildman–Crippen LogP) is 4.11. The molecule has 0 unspecified atom stereocenters. The standard InChI is InChI=1S/C13H14ClNS/c1-15-12-5-4-11(13(14)8-12)7-10-3-2-6-16-9-10/h2-5,8-9,15H,6-7H2,1H3. The highest BCUT2D eigenvalue weighted by Crippen LogP contribution is 2.25. The first-order valence-corrected chi connectivity index (χ1v) is 6.65. The first-order chi connectivity index (χ1) is 7.79. The van der Waals surface area contributed by atoms with E-state index in [0.717, 1.165) is 22.9 Å². The summed E-state index contributed by atoms with van der Waals surface area (Å²) in [5.41, 5.74) is 3.56. The molecule has 0 atom stereocenters. The summed E-state index contributed by atoms with van der Waals surface area (Å²) in [5.74, 6) is 1.08. The molecule has 84 valence electrons. The third kappa shape index (κ3) is 2.83. The van der Waals surface area contributed by atoms with Gasteiger partial charge in [0.25, 0.3) is 0 Å². The van der Waals surface area contributed by atoms with Gasteiger partial charge in [0.2, 0.25) is 0 Å². The van der Waals surface area contributed by atoms with Gasteiger partial charge in [-0.3, -0.25) is 0 Å². The first-order valence-electron chi connectivity index (χ1n) is 5.23. The van der Waals surface area contributed by atoms with E-state index in [1.54, 1.807) is 0 Å². The zero-order valence-corrected chi connectivity index (χ0v) is 10.7. The lowest BCUT2D eigenvalue weighted by Crippen LogP contribution is -1.94. The van der Waals surface area contributed by atoms with Gasteiger partial charge in [-0.1, -0.05) is 29.8 Å². The third-order valence-corrected chi connectivity index (χ3v) is 3.70. The average Bonchev–Trinajstić information content (AvgIpc) is 2.33. The van der Waals surface area contributed by atoms with Crippen LogP contribution in [0.4, 0.5) is 5.69 Å². The molecule has 0 saturated carbocycles. The Morgan fingerprint density at radius 3 is 2.94 bits per heavy atom. The Morgan fingerprint density at radius 1 is 1.44 bits per heavy atom. The van der Waals surface area contributed by atoms with Crippen LogP contribution in [0.3, 0.4) is 0 Å². The Kier molecular flexibility index (Phi) is 3.97. The van der Waals surface area contributed by atoms with Gasteiger partial charge in [0.15, 0.2) is 0 Å². The summed E-state index contributed by atoms with van der Waals surface area (Å²) in [6, 6.07) is 6.11. The average molecular weight is 252 g/mol. The summed E-state index contributed by atoms with van der Waals surface area (Å²) in [7, 11) is 1.90. The molecule has 1 heterocycles. The van der Waals surface area contributed by atoms with Gasteiger partial charge >= 0.3 is 0 Å². The molecule has 1 aromatic carbocycles. The molecule has 0 aromatic heterocycles. The van der Waals surface area contributed by atoms with Crippen molar-refractivity contribution in [2.75, 3.05) is 18.1 Å². The monoisotopic (exact) mass is 251 g/mol. The summed E-state index contributed by atoms with van der Waals surface area (Å²) >= 11 is 8.06. The van der Waals surface area contributed by atoms with E-state index >= 15 is 0 Å². The van der Waals surface area contributed by atoms with Crippen LogP contribution in [-0.2, 0) is 6.42 Å². The minimum absolute atomic E-state index is 0.830. The second-order valence-corrected chi connectivity index (χ2v) is 4.97. The molecule has 1 aliphatic rings. The summed E-state index contributed by atoms with van der Waals surface area (Å²) < 4.78 is 0. The zero-order valence-electron chi connectivity index (χ0n) is 9.16. The Hall–Kier alpha value is -0.860. The highest BCUT2D eigenvalue weighted by atomic mass is 35.5. The summed E-state index contributed by atoms with van der Waals surface area (Å²) in [6.45, 7) is 0. The van der Waals surface area contributed by atoms with Crippen LogP contribution in [0.5, 0.6) is 0 Å². The molecular formula is C13H14ClNS. The van der Waals surface area contributed by atoms with Crippen LogP contribution < -0.4 is 5.32 Å². The van der Waals surface area contributed by atoms with Crippen molar-refractivity contribution in [1.82, 2.24) is 0 Å². The van der Waals surface area contributed by atoms with Gasteiger partial charge in [-0.25, -0.2) is 0 Å². The molecule has 0 aliphatic carbocycles. The molecule has 1 N–H and O–H groups in total. The molecule has 0 spiro atoms. The Labute approximate surface area is 106 Å². The van der Waals surface area contributed by atoms with Gasteiger partial charge in [0.05, 0.1) is 0 Å². The van der Waals surface area contributed by atoms with Crippen molar-refractivity contribution in [2.45, 2.75) is 6.42 Å². The lowest BCUT2D eigenvalue weighted by atomic mass is 10.1. The van der Waals surface area contributed by atoms with E-state index in [1.165, 1.54) is 11.1 Å². The van der Waals surface area contributed by atoms with E-state index in [2.05, 4.69) is 35.0 Å². The summed E-state index contributed by atoms with van der Waals surface area (Å²) in [4.78, 5) is 0. The van der Waals surface area contributed by atoms with E-state index in [0.29, 0.717) is 0 Å². The highest BCUT2D eigenvalue weighted by molar-refractivity contribution is 8.02. The lowest BCUT2D eigenvalue weighted by molar-refractivity contribution is 1.20. The number of thioether (sulfide) groups is 1. The second kappa shape index (κ2) is 5.46. The molecule has 0 bridgehead atoms. The van der Waals surface area contributed by atoms with Crippen molar-refractivity contribution in [3.63, 3.8) is 0 Å². The van der Waals surface area contributed by atoms with Gasteiger partial charge in [-0.05, 0) is 35.1 Å². The van der Waals surface area contributed by atoms with Crippen molar-refractivity contribution >= 4 is 29.1 Å². The van der Waals surface area contributed by atoms with Crippen LogP contribution in [0.25, 0.3) is 0 Å². The maximum atomic E-state index is 6.23. The number of hydrogen-bond acceptors (Lipinski definition) is 2. The SMILES string of the molecule is CNc1ccc(CC2=CSCC=C2)c(Cl)c1. The largest absolute Gasteiger partial charge is 0.388 e. The number of hydrogen-bond donors (Lipinski definition) is 1. The van der Waals surface area contributed by atoms with Crippen molar-refractivity contribution < 1.29 is 0 Å². The Balaban J connectivity index is 2.15. The van der Waals surface area contributed by atoms with Gasteiger partial charge < -0.3 is 5.32 Å². The summed E-state index contributed by atoms with van der Waals surface area (Å²) in [5, 5.41) is 6.12. The van der Waals surface area contributed by atoms with Gasteiger partial charge in [-0.2, -0.15) is 0 Å². The maximum Gasteiger partial charge on any atom is 0.0461 e. The fourth-order valence-electron chi connectivity index (χ4n) is 1.62. The Morgan fingerprint density at radius 2 is 2.31 bits per heavy atom. The normalized spacial score (nSPS) is 14.8. The van der Waals surface area contributed by atoms with Crippen LogP contribution in [0.2, 0.25) is 5.02 Å². The first kappa shape index (κ1) is 11.6.